The number of methoxy groups -OCH3 is 4. The first kappa shape index (κ1) is 106. The van der Waals surface area contributed by atoms with E-state index in [0.717, 1.165) is 70.4 Å². The van der Waals surface area contributed by atoms with Crippen LogP contribution < -0.4 is 48.1 Å². The number of rotatable bonds is 29. The van der Waals surface area contributed by atoms with Gasteiger partial charge in [-0.25, -0.2) is 47.5 Å². The second kappa shape index (κ2) is 50.3. The lowest BCUT2D eigenvalue weighted by molar-refractivity contribution is -0.143. The average molecular weight is 1900 g/mol. The molecule has 0 spiro atoms. The molecule has 0 radical (unpaired) electrons. The Morgan fingerprint density at radius 1 is 0.376 bits per heavy atom. The van der Waals surface area contributed by atoms with Gasteiger partial charge in [-0.15, -0.1) is 12.4 Å². The van der Waals surface area contributed by atoms with E-state index in [2.05, 4.69) is 71.2 Å². The highest BCUT2D eigenvalue weighted by Crippen LogP contribution is 2.35. The van der Waals surface area contributed by atoms with Crippen molar-refractivity contribution in [1.82, 2.24) is 71.0 Å². The number of hydrogen-bond donors (Lipinski definition) is 9. The Bertz CT molecular complexity index is 5670. The van der Waals surface area contributed by atoms with Crippen molar-refractivity contribution in [1.29, 1.82) is 0 Å². The number of nitrogens with one attached hydrogen (secondary N) is 6. The zero-order chi connectivity index (χ0) is 97.0. The number of hydrogen-bond acceptors (Lipinski definition) is 24. The smallest absolute Gasteiger partial charge is 0.436 e. The molecule has 4 heterocycles. The quantitative estimate of drug-likeness (QED) is 0.0119. The number of carbonyl (C=O) groups excluding carboxylic acids is 10. The fraction of sp³-hybridized carbons (Fsp3) is 0.235. The minimum absolute atomic E-state index is 0. The van der Waals surface area contributed by atoms with Crippen molar-refractivity contribution in [2.45, 2.75) is 69.0 Å². The van der Waals surface area contributed by atoms with Crippen LogP contribution in [0.3, 0.4) is 0 Å². The first-order chi connectivity index (χ1) is 62.6. The summed E-state index contributed by atoms with van der Waals surface area (Å²) in [6.45, 7) is 0.788. The summed E-state index contributed by atoms with van der Waals surface area (Å²) in [6.07, 6.45) is -17.4. The number of benzene rings is 7. The predicted molar refractivity (Wildman–Crippen MR) is 447 cm³/mol. The van der Waals surface area contributed by atoms with Crippen molar-refractivity contribution in [2.75, 3.05) is 61.2 Å². The van der Waals surface area contributed by atoms with Crippen LogP contribution in [0, 0.1) is 0 Å². The lowest BCUT2D eigenvalue weighted by Crippen LogP contribution is -2.49. The molecule has 11 N–H and O–H groups in total. The molecule has 4 atom stereocenters. The summed E-state index contributed by atoms with van der Waals surface area (Å²) >= 11 is 0. The first-order valence-corrected chi connectivity index (χ1v) is 38.3. The Kier molecular flexibility index (Phi) is 40.1. The first-order valence-electron chi connectivity index (χ1n) is 38.3. The predicted octanol–water partition coefficient (Wildman–Crippen LogP) is 10.6. The number of ether oxygens (including phenoxy) is 7. The van der Waals surface area contributed by atoms with Gasteiger partial charge in [-0.1, -0.05) is 133 Å². The molecule has 7 aromatic carbocycles. The molecule has 0 fully saturated rings. The maximum absolute atomic E-state index is 13.6. The van der Waals surface area contributed by atoms with E-state index >= 15 is 0 Å². The summed E-state index contributed by atoms with van der Waals surface area (Å²) in [4.78, 5) is 131. The molecule has 0 unspecified atom stereocenters. The number of carboxylic acids is 1. The third-order valence-electron chi connectivity index (χ3n) is 17.3. The molecular formula is C85H83ClF12N16O19. The fourth-order valence-electron chi connectivity index (χ4n) is 10.9. The van der Waals surface area contributed by atoms with Crippen molar-refractivity contribution in [3.8, 4) is 28.5 Å². The number of esters is 4. The summed E-state index contributed by atoms with van der Waals surface area (Å²) in [6, 6.07) is 51.0. The van der Waals surface area contributed by atoms with Crippen molar-refractivity contribution < 1.29 is 144 Å². The van der Waals surface area contributed by atoms with Crippen LogP contribution in [0.1, 0.15) is 92.6 Å². The molecule has 0 bridgehead atoms. The number of aromatic nitrogens is 8. The van der Waals surface area contributed by atoms with E-state index in [0.29, 0.717) is 40.7 Å². The maximum atomic E-state index is 13.6. The van der Waals surface area contributed by atoms with E-state index in [9.17, 15) is 105 Å². The Hall–Kier alpha value is -15.7. The molecule has 133 heavy (non-hydrogen) atoms. The number of alkyl carbamates (subject to hydrolysis) is 2. The third-order valence-corrected chi connectivity index (χ3v) is 17.3. The SMILES string of the molecule is CCOc1ccc(C(=O)N[C@H](CNC(=O)c2cn(-c3ccccc3)nc2C(F)(F)F)C(=O)OC)cc1.COC(=O)[C@@H](CN)NC(=O)OCc1ccccc1.COC(=O)[C@@H](CNC(=O)c1cn(-c2ccccc2)nc1C(F)(F)F)NC(=O)OCc1ccccc1.COC(=O)[C@H](N)CNC(=O)c1cn(-c2ccccc2)nc1C(F)(F)F.Cl.O=C(O)c1cn(-c2ccccc2)nc1C(F)(F)F. The van der Waals surface area contributed by atoms with Crippen LogP contribution in [0.2, 0.25) is 0 Å². The second-order valence-corrected chi connectivity index (χ2v) is 26.5. The van der Waals surface area contributed by atoms with Crippen LogP contribution in [0.5, 0.6) is 5.75 Å². The van der Waals surface area contributed by atoms with Gasteiger partial charge in [0.05, 0.1) is 74.5 Å². The number of carboxylic acid groups (broad SMARTS) is 1. The Labute approximate surface area is 752 Å². The lowest BCUT2D eigenvalue weighted by Gasteiger charge is -2.17. The van der Waals surface area contributed by atoms with Crippen molar-refractivity contribution >= 4 is 78.1 Å². The molecule has 0 saturated carbocycles. The van der Waals surface area contributed by atoms with Gasteiger partial charge < -0.3 is 81.6 Å². The normalized spacial score (nSPS) is 11.8. The Morgan fingerprint density at radius 2 is 0.654 bits per heavy atom. The highest BCUT2D eigenvalue weighted by Gasteiger charge is 2.44. The molecule has 4 aromatic heterocycles. The van der Waals surface area contributed by atoms with Gasteiger partial charge in [0, 0.05) is 56.5 Å². The summed E-state index contributed by atoms with van der Waals surface area (Å²) in [5.41, 5.74) is 5.30. The molecule has 11 aromatic rings. The summed E-state index contributed by atoms with van der Waals surface area (Å²) < 4.78 is 196. The van der Waals surface area contributed by atoms with Crippen LogP contribution in [0.4, 0.5) is 62.3 Å². The standard InChI is InChI=1S/C24H23F3N4O5.C23H21F3N4O5.C15H15F3N4O3.C12H16N2O4.C11H7F3N2O2.ClH/c1-3-36-17-11-9-15(10-12-17)21(32)29-19(23(34)35-2)13-28-22(33)18-14-31(16-7-5-4-6-8-16)30-20(18)24(25,26)27;1-34-21(32)18(28-22(33)35-14-15-8-4-2-5-9-15)12-27-20(31)17-13-30(16-10-6-3-7-11-16)29-19(17)23(24,25)26;1-25-14(24)11(19)7-20-13(23)10-8-22(9-5-3-2-4-6-9)21-12(10)15(16,17)18;1-17-11(15)10(7-13)14-12(16)18-8-9-5-3-2-4-6-9;12-11(13,14)9-8(10(17)18)6-16(15-9)7-4-2-1-3-5-7;/h4-12,14,19H,3,13H2,1-2H3,(H,28,33)(H,29,32);2-11,13,18H,12,14H2,1H3,(H,27,31)(H,28,33);2-6,8,11H,7,19H2,1H3,(H,20,23);2-6,10H,7-8,13H2,1H3,(H,14,16);1-6H,(H,17,18);1H/t19-;18-;11-;10-;;/m1111../s1. The van der Waals surface area contributed by atoms with E-state index in [-0.39, 0.29) is 44.3 Å². The van der Waals surface area contributed by atoms with Crippen LogP contribution in [-0.2, 0) is 85.5 Å². The van der Waals surface area contributed by atoms with Gasteiger partial charge in [-0.3, -0.25) is 24.0 Å². The molecule has 0 aliphatic rings. The zero-order valence-corrected chi connectivity index (χ0v) is 71.0. The van der Waals surface area contributed by atoms with E-state index in [1.807, 2.05) is 30.3 Å². The number of nitrogens with two attached hydrogens (primary N) is 2. The highest BCUT2D eigenvalue weighted by atomic mass is 35.5. The monoisotopic (exact) mass is 1890 g/mol. The van der Waals surface area contributed by atoms with E-state index in [1.54, 1.807) is 134 Å². The summed E-state index contributed by atoms with van der Waals surface area (Å²) in [5, 5.41) is 36.1. The van der Waals surface area contributed by atoms with E-state index < -0.39 is 173 Å². The molecule has 6 amide bonds. The fourth-order valence-corrected chi connectivity index (χ4v) is 10.9. The lowest BCUT2D eigenvalue weighted by atomic mass is 10.1. The topological polar surface area (TPSA) is 468 Å². The number of halogens is 13. The van der Waals surface area contributed by atoms with Gasteiger partial charge >= 0.3 is 66.7 Å². The largest absolute Gasteiger partial charge is 0.494 e. The van der Waals surface area contributed by atoms with Gasteiger partial charge in [-0.05, 0) is 90.8 Å². The van der Waals surface area contributed by atoms with E-state index in [1.165, 1.54) is 55.6 Å². The Balaban J connectivity index is 0.000000263. The molecule has 35 nitrogen and oxygen atoms in total. The van der Waals surface area contributed by atoms with Crippen molar-refractivity contribution in [3.63, 3.8) is 0 Å². The molecule has 11 rings (SSSR count). The minimum atomic E-state index is -4.91. The minimum Gasteiger partial charge on any atom is -0.494 e. The van der Waals surface area contributed by atoms with Gasteiger partial charge in [0.1, 0.15) is 48.7 Å². The van der Waals surface area contributed by atoms with E-state index in [4.69, 9.17) is 30.8 Å². The number of nitrogens with zero attached hydrogens (tertiary/aromatic N) is 8. The molecule has 708 valence electrons. The number of amides is 6. The molecule has 0 saturated heterocycles. The third kappa shape index (κ3) is 32.5. The van der Waals surface area contributed by atoms with Gasteiger partial charge in [0.2, 0.25) is 0 Å². The van der Waals surface area contributed by atoms with Crippen LogP contribution >= 0.6 is 12.4 Å². The molecular weight excluding hydrogens is 1810 g/mol. The van der Waals surface area contributed by atoms with Gasteiger partial charge in [-0.2, -0.15) is 73.1 Å². The highest BCUT2D eigenvalue weighted by molar-refractivity contribution is 5.99. The number of aromatic carboxylic acids is 1. The van der Waals surface area contributed by atoms with Crippen LogP contribution in [-0.4, -0.2) is 195 Å². The summed E-state index contributed by atoms with van der Waals surface area (Å²) in [7, 11) is 4.46. The average Bonchev–Trinajstić information content (AvgIpc) is 1.63. The maximum Gasteiger partial charge on any atom is 0.436 e. The molecule has 48 heteroatoms. The van der Waals surface area contributed by atoms with Gasteiger partial charge in [0.15, 0.2) is 22.8 Å². The molecule has 0 aliphatic carbocycles. The second-order valence-electron chi connectivity index (χ2n) is 26.5. The number of para-hydroxylation sites is 4. The van der Waals surface area contributed by atoms with Crippen molar-refractivity contribution in [3.05, 3.63) is 293 Å². The van der Waals surface area contributed by atoms with Crippen molar-refractivity contribution in [2.24, 2.45) is 11.5 Å². The Morgan fingerprint density at radius 3 is 0.940 bits per heavy atom. The van der Waals surface area contributed by atoms with Crippen LogP contribution in [0.25, 0.3) is 22.7 Å². The number of alkyl halides is 12. The number of carbonyl (C=O) groups is 11. The molecule has 0 aliphatic heterocycles. The van der Waals surface area contributed by atoms with Crippen LogP contribution in [0.15, 0.2) is 231 Å². The van der Waals surface area contributed by atoms with Gasteiger partial charge in [0.25, 0.3) is 23.6 Å². The zero-order valence-electron chi connectivity index (χ0n) is 70.2. The summed E-state index contributed by atoms with van der Waals surface area (Å²) in [5.74, 6) is -8.33.